The smallest absolute Gasteiger partial charge is 0.321 e. The Hall–Kier alpha value is -0.540. The Morgan fingerprint density at radius 1 is 1.18 bits per heavy atom. The van der Waals surface area contributed by atoms with Crippen LogP contribution < -0.4 is 0 Å². The molecule has 4 rings (SSSR count). The molecule has 0 heterocycles. The van der Waals surface area contributed by atoms with E-state index in [0.29, 0.717) is 23.7 Å². The SMILES string of the molecule is CC(C)CCC[C@@H](C)[C@H]1CC[C@H]2[C@@H]3CC=C4C[C@H](O)CC(OC(=O)CCl)[C@]4(C)[C@H]3CC[C@]12C. The first-order chi connectivity index (χ1) is 15.6. The number of rotatable bonds is 7. The van der Waals surface area contributed by atoms with E-state index in [1.807, 2.05) is 0 Å². The van der Waals surface area contributed by atoms with Gasteiger partial charge in [0.2, 0.25) is 0 Å². The highest BCUT2D eigenvalue weighted by atomic mass is 35.5. The number of carbonyl (C=O) groups is 1. The van der Waals surface area contributed by atoms with Crippen LogP contribution >= 0.6 is 11.6 Å². The van der Waals surface area contributed by atoms with Crippen molar-refractivity contribution >= 4 is 17.6 Å². The molecule has 0 aromatic heterocycles. The summed E-state index contributed by atoms with van der Waals surface area (Å²) in [5.41, 5.74) is 1.61. The Bertz CT molecular complexity index is 747. The van der Waals surface area contributed by atoms with Crippen LogP contribution in [0.5, 0.6) is 0 Å². The number of hydrogen-bond donors (Lipinski definition) is 1. The van der Waals surface area contributed by atoms with Gasteiger partial charge in [0.25, 0.3) is 0 Å². The minimum atomic E-state index is -0.426. The van der Waals surface area contributed by atoms with Gasteiger partial charge in [-0.05, 0) is 79.4 Å². The number of fused-ring (bicyclic) bond motifs is 5. The molecule has 3 nitrogen and oxygen atoms in total. The zero-order valence-corrected chi connectivity index (χ0v) is 22.4. The monoisotopic (exact) mass is 478 g/mol. The Balaban J connectivity index is 1.55. The second-order valence-electron chi connectivity index (χ2n) is 12.9. The van der Waals surface area contributed by atoms with Gasteiger partial charge in [-0.1, -0.05) is 65.5 Å². The van der Waals surface area contributed by atoms with Crippen molar-refractivity contribution in [2.75, 3.05) is 5.88 Å². The molecule has 1 N–H and O–H groups in total. The first-order valence-electron chi connectivity index (χ1n) is 13.7. The molecular formula is C29H47ClO3. The average Bonchev–Trinajstić information content (AvgIpc) is 3.11. The summed E-state index contributed by atoms with van der Waals surface area (Å²) in [6.07, 6.45) is 13.5. The van der Waals surface area contributed by atoms with Crippen LogP contribution in [-0.4, -0.2) is 29.2 Å². The lowest BCUT2D eigenvalue weighted by Crippen LogP contribution is -2.56. The van der Waals surface area contributed by atoms with Crippen molar-refractivity contribution in [1.82, 2.24) is 0 Å². The summed E-state index contributed by atoms with van der Waals surface area (Å²) in [6, 6.07) is 0. The fourth-order valence-corrected chi connectivity index (χ4v) is 9.12. The number of esters is 1. The van der Waals surface area contributed by atoms with Crippen molar-refractivity contribution in [2.45, 2.75) is 111 Å². The Morgan fingerprint density at radius 3 is 2.64 bits per heavy atom. The van der Waals surface area contributed by atoms with Crippen LogP contribution in [0.25, 0.3) is 0 Å². The van der Waals surface area contributed by atoms with E-state index in [-0.39, 0.29) is 23.4 Å². The molecule has 0 bridgehead atoms. The summed E-state index contributed by atoms with van der Waals surface area (Å²) in [6.45, 7) is 12.1. The second-order valence-corrected chi connectivity index (χ2v) is 13.1. The maximum atomic E-state index is 12.2. The molecule has 4 aliphatic rings. The van der Waals surface area contributed by atoms with E-state index in [0.717, 1.165) is 36.5 Å². The highest BCUT2D eigenvalue weighted by molar-refractivity contribution is 6.26. The van der Waals surface area contributed by atoms with Crippen molar-refractivity contribution in [1.29, 1.82) is 0 Å². The number of hydrogen-bond acceptors (Lipinski definition) is 3. The van der Waals surface area contributed by atoms with Crippen molar-refractivity contribution in [3.05, 3.63) is 11.6 Å². The van der Waals surface area contributed by atoms with E-state index < -0.39 is 6.10 Å². The van der Waals surface area contributed by atoms with E-state index in [9.17, 15) is 9.90 Å². The number of carbonyl (C=O) groups excluding carboxylic acids is 1. The molecule has 1 unspecified atom stereocenters. The number of ether oxygens (including phenoxy) is 1. The van der Waals surface area contributed by atoms with Gasteiger partial charge in [-0.3, -0.25) is 4.79 Å². The molecule has 0 spiro atoms. The summed E-state index contributed by atoms with van der Waals surface area (Å²) in [5, 5.41) is 10.5. The number of aliphatic hydroxyl groups excluding tert-OH is 1. The van der Waals surface area contributed by atoms with Gasteiger partial charge in [-0.25, -0.2) is 0 Å². The predicted molar refractivity (Wildman–Crippen MR) is 135 cm³/mol. The van der Waals surface area contributed by atoms with Gasteiger partial charge in [0.1, 0.15) is 12.0 Å². The molecule has 4 aliphatic carbocycles. The summed E-state index contributed by atoms with van der Waals surface area (Å²) in [4.78, 5) is 12.2. The first-order valence-corrected chi connectivity index (χ1v) is 14.3. The third-order valence-electron chi connectivity index (χ3n) is 10.7. The lowest BCUT2D eigenvalue weighted by atomic mass is 9.46. The van der Waals surface area contributed by atoms with Gasteiger partial charge in [0.05, 0.1) is 6.10 Å². The highest BCUT2D eigenvalue weighted by Crippen LogP contribution is 2.67. The van der Waals surface area contributed by atoms with Crippen molar-refractivity contribution < 1.29 is 14.6 Å². The van der Waals surface area contributed by atoms with E-state index in [1.54, 1.807) is 0 Å². The standard InChI is InChI=1S/C29H47ClO3/c1-18(2)7-6-8-19(3)23-11-12-24-22-10-9-20-15-21(31)16-26(33-27(32)17-30)29(20,5)25(22)13-14-28(23,24)4/h9,18-19,21-26,31H,6-8,10-17H2,1-5H3/t19-,21+,22+,23-,24+,25+,26?,28-,29+/m1/s1. The number of allylic oxidation sites excluding steroid dienone is 1. The van der Waals surface area contributed by atoms with Crippen LogP contribution in [0.15, 0.2) is 11.6 Å². The molecule has 188 valence electrons. The molecule has 0 amide bonds. The maximum absolute atomic E-state index is 12.2. The predicted octanol–water partition coefficient (Wildman–Crippen LogP) is 7.15. The van der Waals surface area contributed by atoms with E-state index in [4.69, 9.17) is 16.3 Å². The van der Waals surface area contributed by atoms with E-state index in [2.05, 4.69) is 40.7 Å². The van der Waals surface area contributed by atoms with Gasteiger partial charge >= 0.3 is 5.97 Å². The fraction of sp³-hybridized carbons (Fsp3) is 0.897. The zero-order valence-electron chi connectivity index (χ0n) is 21.6. The molecule has 0 saturated heterocycles. The van der Waals surface area contributed by atoms with Crippen molar-refractivity contribution in [3.63, 3.8) is 0 Å². The normalized spacial score (nSPS) is 43.3. The molecule has 0 aromatic rings. The maximum Gasteiger partial charge on any atom is 0.321 e. The van der Waals surface area contributed by atoms with Crippen LogP contribution in [-0.2, 0) is 9.53 Å². The van der Waals surface area contributed by atoms with Crippen LogP contribution in [0, 0.1) is 46.3 Å². The first kappa shape index (κ1) is 25.5. The molecule has 0 aromatic carbocycles. The lowest BCUT2D eigenvalue weighted by molar-refractivity contribution is -0.166. The number of halogens is 1. The largest absolute Gasteiger partial charge is 0.460 e. The molecule has 3 saturated carbocycles. The molecule has 3 fully saturated rings. The summed E-state index contributed by atoms with van der Waals surface area (Å²) < 4.78 is 5.92. The highest BCUT2D eigenvalue weighted by Gasteiger charge is 2.61. The van der Waals surface area contributed by atoms with Crippen LogP contribution in [0.3, 0.4) is 0 Å². The number of aliphatic hydroxyl groups is 1. The van der Waals surface area contributed by atoms with E-state index in [1.165, 1.54) is 50.5 Å². The third kappa shape index (κ3) is 4.55. The molecule has 9 atom stereocenters. The fourth-order valence-electron chi connectivity index (χ4n) is 9.06. The van der Waals surface area contributed by atoms with Crippen LogP contribution in [0.2, 0.25) is 0 Å². The van der Waals surface area contributed by atoms with Crippen LogP contribution in [0.4, 0.5) is 0 Å². The third-order valence-corrected chi connectivity index (χ3v) is 10.9. The molecule has 0 aliphatic heterocycles. The summed E-state index contributed by atoms with van der Waals surface area (Å²) in [7, 11) is 0. The summed E-state index contributed by atoms with van der Waals surface area (Å²) in [5.74, 6) is 3.94. The van der Waals surface area contributed by atoms with E-state index >= 15 is 0 Å². The molecule has 4 heteroatoms. The van der Waals surface area contributed by atoms with Gasteiger partial charge < -0.3 is 9.84 Å². The van der Waals surface area contributed by atoms with Gasteiger partial charge in [-0.2, -0.15) is 0 Å². The second kappa shape index (κ2) is 9.84. The van der Waals surface area contributed by atoms with Gasteiger partial charge in [0.15, 0.2) is 0 Å². The quantitative estimate of drug-likeness (QED) is 0.240. The number of alkyl halides is 1. The van der Waals surface area contributed by atoms with Gasteiger partial charge in [0, 0.05) is 11.8 Å². The Labute approximate surface area is 207 Å². The Kier molecular flexibility index (Phi) is 7.62. The molecule has 33 heavy (non-hydrogen) atoms. The van der Waals surface area contributed by atoms with Gasteiger partial charge in [-0.15, -0.1) is 11.6 Å². The minimum absolute atomic E-state index is 0.118. The molecule has 0 radical (unpaired) electrons. The summed E-state index contributed by atoms with van der Waals surface area (Å²) >= 11 is 5.80. The van der Waals surface area contributed by atoms with Crippen molar-refractivity contribution in [3.8, 4) is 0 Å². The van der Waals surface area contributed by atoms with Crippen molar-refractivity contribution in [2.24, 2.45) is 46.3 Å². The molecular weight excluding hydrogens is 432 g/mol. The average molecular weight is 479 g/mol. The van der Waals surface area contributed by atoms with Crippen LogP contribution in [0.1, 0.15) is 98.8 Å². The zero-order chi connectivity index (χ0) is 24.0. The minimum Gasteiger partial charge on any atom is -0.460 e. The lowest BCUT2D eigenvalue weighted by Gasteiger charge is -2.60. The Morgan fingerprint density at radius 2 is 1.94 bits per heavy atom. The topological polar surface area (TPSA) is 46.5 Å².